The van der Waals surface area contributed by atoms with Gasteiger partial charge in [-0.1, -0.05) is 13.8 Å². The quantitative estimate of drug-likeness (QED) is 0.126. The van der Waals surface area contributed by atoms with Gasteiger partial charge in [0.25, 0.3) is 0 Å². The molecule has 13 nitrogen and oxygen atoms in total. The maximum atomic E-state index is 11.1. The summed E-state index contributed by atoms with van der Waals surface area (Å²) >= 11 is 0. The van der Waals surface area contributed by atoms with Crippen molar-refractivity contribution in [1.82, 2.24) is 10.6 Å². The van der Waals surface area contributed by atoms with Gasteiger partial charge in [0.15, 0.2) is 0 Å². The van der Waals surface area contributed by atoms with Crippen molar-refractivity contribution in [3.8, 4) is 19.1 Å². The molecule has 3 rings (SSSR count). The molecule has 14 heteroatoms. The van der Waals surface area contributed by atoms with Gasteiger partial charge in [0, 0.05) is 19.8 Å². The van der Waals surface area contributed by atoms with E-state index in [1.807, 2.05) is 0 Å². The summed E-state index contributed by atoms with van der Waals surface area (Å²) in [4.78, 5) is 32.7. The Kier molecular flexibility index (Phi) is 20.9. The molecule has 3 aliphatic rings. The third-order valence-electron chi connectivity index (χ3n) is 5.88. The molecule has 2 fully saturated rings. The zero-order valence-electron chi connectivity index (χ0n) is 24.3. The van der Waals surface area contributed by atoms with Crippen LogP contribution in [-0.4, -0.2) is 81.8 Å². The number of nitriles is 1. The molecule has 0 radical (unpaired) electrons. The third-order valence-corrected chi connectivity index (χ3v) is 5.88. The first kappa shape index (κ1) is 37.3. The molecule has 3 N–H and O–H groups in total. The molecule has 228 valence electrons. The van der Waals surface area contributed by atoms with Crippen molar-refractivity contribution < 1.29 is 47.8 Å². The van der Waals surface area contributed by atoms with Crippen LogP contribution in [0, 0.1) is 36.2 Å². The van der Waals surface area contributed by atoms with Crippen LogP contribution < -0.4 is 10.6 Å². The van der Waals surface area contributed by atoms with Crippen LogP contribution in [-0.2, 0) is 37.9 Å². The van der Waals surface area contributed by atoms with E-state index in [0.717, 1.165) is 58.5 Å². The number of carbonyl (C=O) groups is 3. The molecule has 4 unspecified atom stereocenters. The molecule has 0 spiro atoms. The zero-order chi connectivity index (χ0) is 31.0. The Bertz CT molecular complexity index is 907. The Labute approximate surface area is 242 Å². The predicted octanol–water partition coefficient (Wildman–Crippen LogP) is 2.29. The minimum absolute atomic E-state index is 0.0619. The first-order chi connectivity index (χ1) is 19.7. The number of hydrogen-bond donors (Lipinski definition) is 3. The van der Waals surface area contributed by atoms with E-state index >= 15 is 0 Å². The van der Waals surface area contributed by atoms with Gasteiger partial charge in [0.2, 0.25) is 5.76 Å². The van der Waals surface area contributed by atoms with Crippen LogP contribution in [0.2, 0.25) is 0 Å². The van der Waals surface area contributed by atoms with E-state index in [0.29, 0.717) is 5.92 Å². The topological polar surface area (TPSA) is 175 Å². The monoisotopic (exact) mass is 579 g/mol. The summed E-state index contributed by atoms with van der Waals surface area (Å²) in [6.45, 7) is 8.17. The summed E-state index contributed by atoms with van der Waals surface area (Å²) in [5, 5.41) is 21.8. The normalized spacial score (nSPS) is 22.7. The van der Waals surface area contributed by atoms with Crippen LogP contribution in [0.4, 0.5) is 4.79 Å². The Morgan fingerprint density at radius 3 is 2.41 bits per heavy atom. The van der Waals surface area contributed by atoms with Gasteiger partial charge in [-0.15, -0.1) is 12.8 Å². The van der Waals surface area contributed by atoms with Crippen molar-refractivity contribution in [2.45, 2.75) is 71.5 Å². The molecule has 1 amide bonds. The molecule has 0 aliphatic carbocycles. The Morgan fingerprint density at radius 1 is 1.20 bits per heavy atom. The fourth-order valence-electron chi connectivity index (χ4n) is 3.63. The number of aliphatic carboxylic acids is 1. The molecule has 3 aliphatic heterocycles. The van der Waals surface area contributed by atoms with E-state index in [4.69, 9.17) is 24.6 Å². The molecule has 0 aromatic heterocycles. The molecule has 2 saturated heterocycles. The second kappa shape index (κ2) is 23.0. The van der Waals surface area contributed by atoms with Gasteiger partial charge < -0.3 is 19.3 Å². The van der Waals surface area contributed by atoms with Crippen LogP contribution in [0.15, 0.2) is 11.8 Å². The number of nitrogens with zero attached hydrogens (tertiary/aromatic N) is 1. The minimum atomic E-state index is -0.979. The second-order valence-electron chi connectivity index (χ2n) is 9.08. The van der Waals surface area contributed by atoms with Gasteiger partial charge in [-0.25, -0.2) is 4.79 Å². The molecule has 4 atom stereocenters. The van der Waals surface area contributed by atoms with Gasteiger partial charge in [0.05, 0.1) is 6.10 Å². The number of carbonyl (C=O) groups excluding carboxylic acids is 2. The van der Waals surface area contributed by atoms with Crippen LogP contribution in [0.1, 0.15) is 59.3 Å². The van der Waals surface area contributed by atoms with E-state index in [-0.39, 0.29) is 30.1 Å². The molecule has 0 aromatic carbocycles. The number of terminal acetylenes is 1. The second-order valence-corrected chi connectivity index (χ2v) is 9.08. The van der Waals surface area contributed by atoms with Gasteiger partial charge in [-0.05, 0) is 50.0 Å². The van der Waals surface area contributed by atoms with E-state index in [1.54, 1.807) is 13.0 Å². The first-order valence-corrected chi connectivity index (χ1v) is 13.4. The number of allylic oxidation sites excluding steroid dienone is 1. The van der Waals surface area contributed by atoms with Crippen LogP contribution >= 0.6 is 0 Å². The molecule has 0 bridgehead atoms. The Hall–Kier alpha value is -3.75. The van der Waals surface area contributed by atoms with Crippen molar-refractivity contribution >= 4 is 30.9 Å². The molecular formula is C27H42BN3O10. The van der Waals surface area contributed by atoms with Crippen molar-refractivity contribution in [3.05, 3.63) is 11.8 Å². The number of amides is 1. The summed E-state index contributed by atoms with van der Waals surface area (Å²) in [5.74, 6) is -0.226. The van der Waals surface area contributed by atoms with Crippen LogP contribution in [0.5, 0.6) is 0 Å². The van der Waals surface area contributed by atoms with Crippen molar-refractivity contribution in [2.75, 3.05) is 33.7 Å². The number of rotatable bonds is 8. The van der Waals surface area contributed by atoms with Crippen molar-refractivity contribution in [2.24, 2.45) is 11.8 Å². The average molecular weight is 579 g/mol. The Morgan fingerprint density at radius 2 is 1.93 bits per heavy atom. The predicted molar refractivity (Wildman–Crippen MR) is 150 cm³/mol. The summed E-state index contributed by atoms with van der Waals surface area (Å²) in [7, 11) is 2.49. The molecular weight excluding hydrogens is 537 g/mol. The van der Waals surface area contributed by atoms with E-state index in [2.05, 4.69) is 51.5 Å². The average Bonchev–Trinajstić information content (AvgIpc) is 3.48. The standard InChI is InChI=1S/C12H18O4.C8H12BN3O5.C5H10O.C2H2/c1-8-5-6-10(12(13)14)16-11(8)9-4-2-3-7-15-9;1-3-6(13)15-5-16-8(14)12-7(11-2)9-17-4-10;1-5-2-3-6-4-5;1-2/h6,8-9,11H,2-5,7H2,1H3,(H,13,14);11H,3,5H2,1-2H3,(H,12,14);5H,2-4H2,1H3;1-2H. The number of esters is 1. The van der Waals surface area contributed by atoms with Gasteiger partial charge in [-0.2, -0.15) is 0 Å². The summed E-state index contributed by atoms with van der Waals surface area (Å²) in [5.41, 5.74) is 0.123. The zero-order valence-corrected chi connectivity index (χ0v) is 24.3. The first-order valence-electron chi connectivity index (χ1n) is 13.4. The number of hydrogen-bond acceptors (Lipinski definition) is 11. The Balaban J connectivity index is 0.000000617. The fourth-order valence-corrected chi connectivity index (χ4v) is 3.63. The van der Waals surface area contributed by atoms with E-state index in [1.165, 1.54) is 19.7 Å². The molecule has 41 heavy (non-hydrogen) atoms. The van der Waals surface area contributed by atoms with E-state index < -0.39 is 24.8 Å². The molecule has 0 aromatic rings. The van der Waals surface area contributed by atoms with Gasteiger partial charge >= 0.3 is 104 Å². The number of alkyl carbamates (subject to hydrolysis) is 1. The van der Waals surface area contributed by atoms with Gasteiger partial charge in [0.1, 0.15) is 6.10 Å². The number of nitrogens with one attached hydrogen (secondary N) is 2. The van der Waals surface area contributed by atoms with Gasteiger partial charge in [-0.3, -0.25) is 0 Å². The van der Waals surface area contributed by atoms with Crippen LogP contribution in [0.25, 0.3) is 0 Å². The fraction of sp³-hybridized carbons (Fsp3) is 0.667. The molecule has 0 saturated carbocycles. The number of carboxylic acid groups (broad SMARTS) is 1. The SMILES string of the molecule is C#C.CC1CC=C(C(=O)O)OC1C1CCCCO1.CC1CCOC1.CCC(=O)OCOC(=O)NC(=BOC#N)NC. The third kappa shape index (κ3) is 16.8. The maximum absolute atomic E-state index is 11.1. The number of carboxylic acids is 1. The molecule has 3 heterocycles. The van der Waals surface area contributed by atoms with E-state index in [9.17, 15) is 14.4 Å². The van der Waals surface area contributed by atoms with Crippen LogP contribution in [0.3, 0.4) is 0 Å². The summed E-state index contributed by atoms with van der Waals surface area (Å²) < 4.78 is 29.6. The number of ether oxygens (including phenoxy) is 5. The summed E-state index contributed by atoms with van der Waals surface area (Å²) in [6, 6.07) is 0. The summed E-state index contributed by atoms with van der Waals surface area (Å²) in [6.07, 6.45) is 15.6. The van der Waals surface area contributed by atoms with Crippen molar-refractivity contribution in [3.63, 3.8) is 0 Å². The van der Waals surface area contributed by atoms with Crippen molar-refractivity contribution in [1.29, 1.82) is 5.26 Å².